The zero-order valence-electron chi connectivity index (χ0n) is 26.5. The Kier molecular flexibility index (Phi) is 8.10. The van der Waals surface area contributed by atoms with Gasteiger partial charge in [-0.1, -0.05) is 25.5 Å². The summed E-state index contributed by atoms with van der Waals surface area (Å²) in [5, 5.41) is 11.0. The molecular formula is C34H40N10O2. The maximum absolute atomic E-state index is 13.4. The normalized spacial score (nSPS) is 17.2. The first-order chi connectivity index (χ1) is 22.4. The van der Waals surface area contributed by atoms with Gasteiger partial charge >= 0.3 is 0 Å². The van der Waals surface area contributed by atoms with Crippen LogP contribution in [0.4, 0.5) is 17.6 Å². The predicted octanol–water partition coefficient (Wildman–Crippen LogP) is 4.41. The fourth-order valence-electron chi connectivity index (χ4n) is 6.71. The van der Waals surface area contributed by atoms with Crippen LogP contribution >= 0.6 is 0 Å². The minimum Gasteiger partial charge on any atom is -0.347 e. The largest absolute Gasteiger partial charge is 0.347 e. The quantitative estimate of drug-likeness (QED) is 0.294. The van der Waals surface area contributed by atoms with Gasteiger partial charge in [0, 0.05) is 87.0 Å². The van der Waals surface area contributed by atoms with Crippen LogP contribution in [0.5, 0.6) is 0 Å². The van der Waals surface area contributed by atoms with Crippen molar-refractivity contribution >= 4 is 29.4 Å². The number of anilines is 3. The van der Waals surface area contributed by atoms with Crippen molar-refractivity contribution in [3.8, 4) is 11.3 Å². The average molecular weight is 621 g/mol. The summed E-state index contributed by atoms with van der Waals surface area (Å²) in [6.45, 7) is 5.44. The van der Waals surface area contributed by atoms with Gasteiger partial charge in [-0.2, -0.15) is 5.10 Å². The molecule has 0 atom stereocenters. The van der Waals surface area contributed by atoms with E-state index in [1.807, 2.05) is 47.6 Å². The van der Waals surface area contributed by atoms with Crippen LogP contribution in [0.15, 0.2) is 48.9 Å². The van der Waals surface area contributed by atoms with Crippen LogP contribution in [0.3, 0.4) is 0 Å². The SMILES string of the molecule is Cn1nc2c(c1C(=O)NCc1cccc(Nc3nccc(-c4cnc(N5CCCCC5)nc4)n3)c1)CN(C(=O)C1(C)CCC1)CC2. The lowest BCUT2D eigenvalue weighted by Gasteiger charge is -2.41. The zero-order valence-corrected chi connectivity index (χ0v) is 26.5. The molecule has 2 aliphatic heterocycles. The van der Waals surface area contributed by atoms with Crippen molar-refractivity contribution in [1.29, 1.82) is 0 Å². The van der Waals surface area contributed by atoms with Crippen molar-refractivity contribution in [2.75, 3.05) is 29.9 Å². The van der Waals surface area contributed by atoms with Gasteiger partial charge < -0.3 is 20.4 Å². The van der Waals surface area contributed by atoms with Gasteiger partial charge in [-0.3, -0.25) is 14.3 Å². The zero-order chi connectivity index (χ0) is 31.7. The van der Waals surface area contributed by atoms with Crippen LogP contribution < -0.4 is 15.5 Å². The van der Waals surface area contributed by atoms with Crippen molar-refractivity contribution in [2.45, 2.75) is 65.0 Å². The Balaban J connectivity index is 0.991. The summed E-state index contributed by atoms with van der Waals surface area (Å²) in [6.07, 6.45) is 12.6. The van der Waals surface area contributed by atoms with Gasteiger partial charge in [-0.25, -0.2) is 19.9 Å². The number of hydrogen-bond acceptors (Lipinski definition) is 9. The molecule has 4 aromatic rings. The Hall–Kier alpha value is -4.87. The minimum absolute atomic E-state index is 0.192. The molecule has 1 aliphatic carbocycles. The maximum atomic E-state index is 13.4. The number of benzene rings is 1. The minimum atomic E-state index is -0.264. The Morgan fingerprint density at radius 2 is 1.78 bits per heavy atom. The van der Waals surface area contributed by atoms with Crippen molar-refractivity contribution in [1.82, 2.24) is 39.9 Å². The molecule has 0 unspecified atom stereocenters. The molecule has 238 valence electrons. The number of hydrogen-bond donors (Lipinski definition) is 2. The first-order valence-electron chi connectivity index (χ1n) is 16.2. The van der Waals surface area contributed by atoms with Crippen molar-refractivity contribution in [2.24, 2.45) is 12.5 Å². The highest BCUT2D eigenvalue weighted by Gasteiger charge is 2.43. The van der Waals surface area contributed by atoms with Crippen LogP contribution in [0.1, 0.15) is 72.8 Å². The number of aromatic nitrogens is 6. The highest BCUT2D eigenvalue weighted by molar-refractivity contribution is 5.94. The molecular weight excluding hydrogens is 580 g/mol. The molecule has 0 spiro atoms. The van der Waals surface area contributed by atoms with Gasteiger partial charge in [-0.15, -0.1) is 0 Å². The molecule has 7 rings (SSSR count). The van der Waals surface area contributed by atoms with E-state index in [0.717, 1.165) is 72.1 Å². The summed E-state index contributed by atoms with van der Waals surface area (Å²) in [5.74, 6) is 1.20. The van der Waals surface area contributed by atoms with Crippen LogP contribution in [0, 0.1) is 5.41 Å². The van der Waals surface area contributed by atoms with E-state index >= 15 is 0 Å². The Morgan fingerprint density at radius 3 is 2.54 bits per heavy atom. The molecule has 1 aromatic carbocycles. The summed E-state index contributed by atoms with van der Waals surface area (Å²) in [6, 6.07) is 9.63. The lowest BCUT2D eigenvalue weighted by molar-refractivity contribution is -0.147. The summed E-state index contributed by atoms with van der Waals surface area (Å²) in [5.41, 5.74) is 5.27. The molecule has 3 aliphatic rings. The summed E-state index contributed by atoms with van der Waals surface area (Å²) in [4.78, 5) is 49.1. The number of nitrogens with zero attached hydrogens (tertiary/aromatic N) is 8. The number of amides is 2. The van der Waals surface area contributed by atoms with E-state index in [0.29, 0.717) is 37.7 Å². The van der Waals surface area contributed by atoms with Gasteiger partial charge in [0.1, 0.15) is 5.69 Å². The summed E-state index contributed by atoms with van der Waals surface area (Å²) < 4.78 is 1.65. The highest BCUT2D eigenvalue weighted by Crippen LogP contribution is 2.42. The number of rotatable bonds is 8. The number of aryl methyl sites for hydroxylation is 1. The monoisotopic (exact) mass is 620 g/mol. The van der Waals surface area contributed by atoms with Gasteiger partial charge in [0.15, 0.2) is 0 Å². The third-order valence-corrected chi connectivity index (χ3v) is 9.54. The molecule has 1 saturated carbocycles. The Morgan fingerprint density at radius 1 is 0.978 bits per heavy atom. The molecule has 46 heavy (non-hydrogen) atoms. The van der Waals surface area contributed by atoms with Crippen LogP contribution in [0.25, 0.3) is 11.3 Å². The second-order valence-corrected chi connectivity index (χ2v) is 12.9. The van der Waals surface area contributed by atoms with E-state index in [2.05, 4.69) is 47.5 Å². The lowest BCUT2D eigenvalue weighted by atomic mass is 9.69. The van der Waals surface area contributed by atoms with E-state index < -0.39 is 0 Å². The summed E-state index contributed by atoms with van der Waals surface area (Å²) >= 11 is 0. The third-order valence-electron chi connectivity index (χ3n) is 9.54. The van der Waals surface area contributed by atoms with Gasteiger partial charge in [0.25, 0.3) is 5.91 Å². The average Bonchev–Trinajstić information content (AvgIpc) is 3.41. The molecule has 2 N–H and O–H groups in total. The topological polar surface area (TPSA) is 134 Å². The fourth-order valence-corrected chi connectivity index (χ4v) is 6.71. The number of piperidine rings is 1. The molecule has 0 radical (unpaired) electrons. The number of carbonyl (C=O) groups excluding carboxylic acids is 2. The second-order valence-electron chi connectivity index (χ2n) is 12.9. The standard InChI is InChI=1S/C34H40N10O2/c1-34(12-7-13-34)31(46)44-17-11-28-26(22-44)29(42(2)41-28)30(45)36-19-23-8-6-9-25(18-23)39-32-35-14-10-27(40-32)24-20-37-33(38-21-24)43-15-4-3-5-16-43/h6,8-10,14,18,20-21H,3-5,7,11-13,15-17,19,22H2,1-2H3,(H,36,45)(H,35,39,40). The van der Waals surface area contributed by atoms with Crippen molar-refractivity contribution in [3.63, 3.8) is 0 Å². The molecule has 1 saturated heterocycles. The molecule has 5 heterocycles. The van der Waals surface area contributed by atoms with Gasteiger partial charge in [0.2, 0.25) is 17.8 Å². The first kappa shape index (κ1) is 29.8. The third kappa shape index (κ3) is 6.03. The van der Waals surface area contributed by atoms with Crippen LogP contribution in [-0.4, -0.2) is 66.1 Å². The maximum Gasteiger partial charge on any atom is 0.270 e. The molecule has 12 nitrogen and oxygen atoms in total. The number of carbonyl (C=O) groups is 2. The van der Waals surface area contributed by atoms with Gasteiger partial charge in [0.05, 0.1) is 11.4 Å². The first-order valence-corrected chi connectivity index (χ1v) is 16.2. The van der Waals surface area contributed by atoms with Crippen molar-refractivity contribution in [3.05, 3.63) is 71.4 Å². The second kappa shape index (κ2) is 12.5. The smallest absolute Gasteiger partial charge is 0.270 e. The van der Waals surface area contributed by atoms with Gasteiger partial charge in [-0.05, 0) is 55.9 Å². The Bertz CT molecular complexity index is 1740. The number of fused-ring (bicyclic) bond motifs is 1. The van der Waals surface area contributed by atoms with E-state index in [4.69, 9.17) is 0 Å². The molecule has 3 aromatic heterocycles. The van der Waals surface area contributed by atoms with Crippen LogP contribution in [-0.2, 0) is 31.4 Å². The molecule has 2 amide bonds. The highest BCUT2D eigenvalue weighted by atomic mass is 16.2. The predicted molar refractivity (Wildman–Crippen MR) is 174 cm³/mol. The fraction of sp³-hybridized carbons (Fsp3) is 0.441. The van der Waals surface area contributed by atoms with E-state index in [-0.39, 0.29) is 17.2 Å². The van der Waals surface area contributed by atoms with E-state index in [1.165, 1.54) is 19.3 Å². The lowest BCUT2D eigenvalue weighted by Crippen LogP contribution is -2.48. The Labute approximate surface area is 268 Å². The van der Waals surface area contributed by atoms with E-state index in [9.17, 15) is 9.59 Å². The molecule has 0 bridgehead atoms. The molecule has 12 heteroatoms. The van der Waals surface area contributed by atoms with Crippen molar-refractivity contribution < 1.29 is 9.59 Å². The van der Waals surface area contributed by atoms with Crippen LogP contribution in [0.2, 0.25) is 0 Å². The summed E-state index contributed by atoms with van der Waals surface area (Å²) in [7, 11) is 1.79. The number of nitrogens with one attached hydrogen (secondary N) is 2. The molecule has 2 fully saturated rings. The van der Waals surface area contributed by atoms with E-state index in [1.54, 1.807) is 17.9 Å².